The quantitative estimate of drug-likeness (QED) is 0.623. The average Bonchev–Trinajstić information content (AvgIpc) is 2.58. The van der Waals surface area contributed by atoms with Crippen LogP contribution < -0.4 is 5.32 Å². The fraction of sp³-hybridized carbons (Fsp3) is 1.00. The van der Waals surface area contributed by atoms with Gasteiger partial charge in [-0.15, -0.1) is 0 Å². The second-order valence-electron chi connectivity index (χ2n) is 4.03. The third-order valence-electron chi connectivity index (χ3n) is 2.94. The summed E-state index contributed by atoms with van der Waals surface area (Å²) in [5.74, 6) is 0. The van der Waals surface area contributed by atoms with E-state index in [1.165, 1.54) is 25.8 Å². The van der Waals surface area contributed by atoms with E-state index in [9.17, 15) is 0 Å². The molecule has 1 N–H and O–H groups in total. The number of hydrogen-bond donors (Lipinski definition) is 1. The summed E-state index contributed by atoms with van der Waals surface area (Å²) in [4.78, 5) is 2.45. The van der Waals surface area contributed by atoms with Crippen LogP contribution in [0.4, 0.5) is 0 Å². The molecule has 1 saturated heterocycles. The second-order valence-corrected chi connectivity index (χ2v) is 4.03. The lowest BCUT2D eigenvalue weighted by Gasteiger charge is -2.18. The molecule has 0 aromatic heterocycles. The highest BCUT2D eigenvalue weighted by molar-refractivity contribution is 4.75. The Morgan fingerprint density at radius 3 is 2.93 bits per heavy atom. The van der Waals surface area contributed by atoms with E-state index in [-0.39, 0.29) is 0 Å². The van der Waals surface area contributed by atoms with Crippen LogP contribution in [0.5, 0.6) is 0 Å². The minimum Gasteiger partial charge on any atom is -0.380 e. The molecule has 1 rings (SSSR count). The smallest absolute Gasteiger partial charge is 0.0590 e. The Morgan fingerprint density at radius 1 is 1.43 bits per heavy atom. The normalized spacial score (nSPS) is 23.1. The highest BCUT2D eigenvalue weighted by Gasteiger charge is 2.19. The van der Waals surface area contributed by atoms with Crippen LogP contribution in [-0.4, -0.2) is 50.8 Å². The van der Waals surface area contributed by atoms with Gasteiger partial charge in [-0.25, -0.2) is 0 Å². The molecule has 3 nitrogen and oxygen atoms in total. The van der Waals surface area contributed by atoms with Crippen LogP contribution in [0.25, 0.3) is 0 Å². The maximum Gasteiger partial charge on any atom is 0.0590 e. The number of nitrogens with one attached hydrogen (secondary N) is 1. The summed E-state index contributed by atoms with van der Waals surface area (Å²) < 4.78 is 5.56. The number of likely N-dealkylation sites (N-methyl/N-ethyl adjacent to an activating group) is 1. The van der Waals surface area contributed by atoms with E-state index in [2.05, 4.69) is 24.2 Å². The first-order chi connectivity index (χ1) is 6.84. The summed E-state index contributed by atoms with van der Waals surface area (Å²) >= 11 is 0. The monoisotopic (exact) mass is 200 g/mol. The molecule has 0 aromatic carbocycles. The van der Waals surface area contributed by atoms with Gasteiger partial charge >= 0.3 is 0 Å². The zero-order chi connectivity index (χ0) is 10.2. The van der Waals surface area contributed by atoms with E-state index >= 15 is 0 Å². The fourth-order valence-corrected chi connectivity index (χ4v) is 1.99. The van der Waals surface area contributed by atoms with Gasteiger partial charge in [-0.1, -0.05) is 6.92 Å². The van der Waals surface area contributed by atoms with E-state index in [1.807, 2.05) is 0 Å². The van der Waals surface area contributed by atoms with Crippen LogP contribution in [0.3, 0.4) is 0 Å². The Labute approximate surface area is 87.8 Å². The molecule has 14 heavy (non-hydrogen) atoms. The van der Waals surface area contributed by atoms with Crippen LogP contribution in [-0.2, 0) is 4.74 Å². The van der Waals surface area contributed by atoms with Gasteiger partial charge < -0.3 is 15.0 Å². The predicted molar refractivity (Wildman–Crippen MR) is 59.6 cm³/mol. The summed E-state index contributed by atoms with van der Waals surface area (Å²) in [5, 5.41) is 3.25. The molecule has 3 heteroatoms. The van der Waals surface area contributed by atoms with Crippen molar-refractivity contribution in [1.82, 2.24) is 10.2 Å². The minimum atomic E-state index is 0.772. The zero-order valence-electron chi connectivity index (χ0n) is 9.59. The van der Waals surface area contributed by atoms with Crippen molar-refractivity contribution in [2.24, 2.45) is 0 Å². The average molecular weight is 200 g/mol. The Morgan fingerprint density at radius 2 is 2.29 bits per heavy atom. The molecule has 1 fully saturated rings. The molecule has 0 spiro atoms. The van der Waals surface area contributed by atoms with Gasteiger partial charge in [-0.3, -0.25) is 0 Å². The van der Waals surface area contributed by atoms with E-state index in [1.54, 1.807) is 0 Å². The van der Waals surface area contributed by atoms with E-state index in [0.29, 0.717) is 0 Å². The molecule has 1 unspecified atom stereocenters. The van der Waals surface area contributed by atoms with Crippen molar-refractivity contribution < 1.29 is 4.74 Å². The van der Waals surface area contributed by atoms with Crippen LogP contribution in [0.15, 0.2) is 0 Å². The van der Waals surface area contributed by atoms with Crippen molar-refractivity contribution >= 4 is 0 Å². The lowest BCUT2D eigenvalue weighted by atomic mass is 10.1. The SMILES string of the molecule is CCNCCOCCC1CCCN1C. The molecule has 0 bridgehead atoms. The van der Waals surface area contributed by atoms with Crippen LogP contribution in [0, 0.1) is 0 Å². The van der Waals surface area contributed by atoms with Gasteiger partial charge in [0.15, 0.2) is 0 Å². The van der Waals surface area contributed by atoms with Gasteiger partial charge in [0.25, 0.3) is 0 Å². The molecule has 0 aromatic rings. The Hall–Kier alpha value is -0.120. The van der Waals surface area contributed by atoms with Crippen molar-refractivity contribution in [1.29, 1.82) is 0 Å². The Balaban J connectivity index is 1.88. The molecule has 0 radical (unpaired) electrons. The van der Waals surface area contributed by atoms with Gasteiger partial charge in [-0.05, 0) is 39.4 Å². The summed E-state index contributed by atoms with van der Waals surface area (Å²) in [5.41, 5.74) is 0. The van der Waals surface area contributed by atoms with E-state index in [0.717, 1.165) is 32.3 Å². The largest absolute Gasteiger partial charge is 0.380 e. The molecule has 0 amide bonds. The third-order valence-corrected chi connectivity index (χ3v) is 2.94. The van der Waals surface area contributed by atoms with Crippen LogP contribution in [0.2, 0.25) is 0 Å². The zero-order valence-corrected chi connectivity index (χ0v) is 9.59. The number of likely N-dealkylation sites (tertiary alicyclic amines) is 1. The van der Waals surface area contributed by atoms with E-state index < -0.39 is 0 Å². The van der Waals surface area contributed by atoms with Crippen LogP contribution >= 0.6 is 0 Å². The van der Waals surface area contributed by atoms with Gasteiger partial charge in [0.1, 0.15) is 0 Å². The first-order valence-electron chi connectivity index (χ1n) is 5.83. The maximum absolute atomic E-state index is 5.56. The summed E-state index contributed by atoms with van der Waals surface area (Å²) in [6.07, 6.45) is 3.91. The Kier molecular flexibility index (Phi) is 6.15. The number of nitrogens with zero attached hydrogens (tertiary/aromatic N) is 1. The van der Waals surface area contributed by atoms with Crippen LogP contribution in [0.1, 0.15) is 26.2 Å². The third kappa shape index (κ3) is 4.40. The van der Waals surface area contributed by atoms with E-state index in [4.69, 9.17) is 4.74 Å². The minimum absolute atomic E-state index is 0.772. The lowest BCUT2D eigenvalue weighted by Crippen LogP contribution is -2.26. The maximum atomic E-state index is 5.56. The number of hydrogen-bond acceptors (Lipinski definition) is 3. The second kappa shape index (κ2) is 7.21. The van der Waals surface area contributed by atoms with Gasteiger partial charge in [0, 0.05) is 19.2 Å². The van der Waals surface area contributed by atoms with Crippen molar-refractivity contribution in [3.05, 3.63) is 0 Å². The topological polar surface area (TPSA) is 24.5 Å². The highest BCUT2D eigenvalue weighted by atomic mass is 16.5. The van der Waals surface area contributed by atoms with Crippen molar-refractivity contribution in [3.63, 3.8) is 0 Å². The molecule has 1 atom stereocenters. The first-order valence-corrected chi connectivity index (χ1v) is 5.83. The van der Waals surface area contributed by atoms with Crippen molar-refractivity contribution in [2.75, 3.05) is 39.9 Å². The standard InChI is InChI=1S/C11H24N2O/c1-3-12-7-10-14-9-6-11-5-4-8-13(11)2/h11-12H,3-10H2,1-2H3. The molecule has 1 aliphatic heterocycles. The van der Waals surface area contributed by atoms with Gasteiger partial charge in [0.05, 0.1) is 6.61 Å². The lowest BCUT2D eigenvalue weighted by molar-refractivity contribution is 0.115. The Bertz CT molecular complexity index is 141. The summed E-state index contributed by atoms with van der Waals surface area (Å²) in [7, 11) is 2.22. The molecular formula is C11H24N2O. The molecule has 84 valence electrons. The number of rotatable bonds is 7. The molecule has 1 aliphatic rings. The summed E-state index contributed by atoms with van der Waals surface area (Å²) in [6.45, 7) is 7.17. The molecule has 0 saturated carbocycles. The molecule has 0 aliphatic carbocycles. The molecule has 1 heterocycles. The van der Waals surface area contributed by atoms with Gasteiger partial charge in [-0.2, -0.15) is 0 Å². The van der Waals surface area contributed by atoms with Gasteiger partial charge in [0.2, 0.25) is 0 Å². The van der Waals surface area contributed by atoms with Crippen molar-refractivity contribution in [2.45, 2.75) is 32.2 Å². The number of ether oxygens (including phenoxy) is 1. The summed E-state index contributed by atoms with van der Waals surface area (Å²) in [6, 6.07) is 0.772. The fourth-order valence-electron chi connectivity index (χ4n) is 1.99. The predicted octanol–water partition coefficient (Wildman–Crippen LogP) is 1.10. The first kappa shape index (κ1) is 12.0. The molecular weight excluding hydrogens is 176 g/mol. The highest BCUT2D eigenvalue weighted by Crippen LogP contribution is 2.17. The van der Waals surface area contributed by atoms with Crippen molar-refractivity contribution in [3.8, 4) is 0 Å².